The molecule has 96 valence electrons. The molecule has 1 N–H and O–H groups in total. The smallest absolute Gasteiger partial charge is 0.00174 e. The molecule has 1 aromatic rings. The lowest BCUT2D eigenvalue weighted by molar-refractivity contribution is 0.460. The lowest BCUT2D eigenvalue weighted by Crippen LogP contribution is -2.24. The van der Waals surface area contributed by atoms with Crippen LogP contribution in [0.2, 0.25) is 0 Å². The highest BCUT2D eigenvalue weighted by Gasteiger charge is 2.07. The Hall–Kier alpha value is -0.820. The molecule has 1 aromatic carbocycles. The van der Waals surface area contributed by atoms with E-state index >= 15 is 0 Å². The Morgan fingerprint density at radius 3 is 2.47 bits per heavy atom. The molecule has 0 aliphatic carbocycles. The van der Waals surface area contributed by atoms with Crippen molar-refractivity contribution in [2.24, 2.45) is 5.92 Å². The predicted octanol–water partition coefficient (Wildman–Crippen LogP) is 3.87. The molecule has 0 heterocycles. The van der Waals surface area contributed by atoms with E-state index in [1.165, 1.54) is 36.0 Å². The van der Waals surface area contributed by atoms with Crippen LogP contribution < -0.4 is 5.32 Å². The maximum Gasteiger partial charge on any atom is -0.00174 e. The SMILES string of the molecule is CCCNCC(CC)Cc1ccc(C)c(C)c1. The number of hydrogen-bond acceptors (Lipinski definition) is 1. The monoisotopic (exact) mass is 233 g/mol. The minimum atomic E-state index is 0.767. The Balaban J connectivity index is 2.51. The summed E-state index contributed by atoms with van der Waals surface area (Å²) >= 11 is 0. The van der Waals surface area contributed by atoms with Crippen molar-refractivity contribution in [1.29, 1.82) is 0 Å². The van der Waals surface area contributed by atoms with Crippen molar-refractivity contribution >= 4 is 0 Å². The molecular formula is C16H27N. The molecule has 0 fully saturated rings. The van der Waals surface area contributed by atoms with Crippen LogP contribution in [0.4, 0.5) is 0 Å². The van der Waals surface area contributed by atoms with Crippen molar-refractivity contribution in [2.45, 2.75) is 47.0 Å². The first-order valence-corrected chi connectivity index (χ1v) is 6.94. The summed E-state index contributed by atoms with van der Waals surface area (Å²) < 4.78 is 0. The quantitative estimate of drug-likeness (QED) is 0.705. The molecule has 1 unspecified atom stereocenters. The average molecular weight is 233 g/mol. The molecule has 0 aliphatic rings. The Kier molecular flexibility index (Phi) is 6.28. The molecule has 0 bridgehead atoms. The Morgan fingerprint density at radius 2 is 1.88 bits per heavy atom. The van der Waals surface area contributed by atoms with Crippen LogP contribution in [0.1, 0.15) is 43.4 Å². The Morgan fingerprint density at radius 1 is 1.12 bits per heavy atom. The number of rotatable bonds is 7. The van der Waals surface area contributed by atoms with Crippen molar-refractivity contribution in [3.05, 3.63) is 34.9 Å². The fourth-order valence-electron chi connectivity index (χ4n) is 2.11. The van der Waals surface area contributed by atoms with Crippen molar-refractivity contribution < 1.29 is 0 Å². The van der Waals surface area contributed by atoms with Gasteiger partial charge in [0, 0.05) is 0 Å². The highest BCUT2D eigenvalue weighted by atomic mass is 14.8. The molecule has 17 heavy (non-hydrogen) atoms. The van der Waals surface area contributed by atoms with E-state index < -0.39 is 0 Å². The second-order valence-corrected chi connectivity index (χ2v) is 5.10. The van der Waals surface area contributed by atoms with Gasteiger partial charge in [-0.05, 0) is 62.4 Å². The van der Waals surface area contributed by atoms with Crippen LogP contribution in [0.3, 0.4) is 0 Å². The zero-order valence-electron chi connectivity index (χ0n) is 11.8. The van der Waals surface area contributed by atoms with Crippen molar-refractivity contribution in [1.82, 2.24) is 5.32 Å². The van der Waals surface area contributed by atoms with Gasteiger partial charge < -0.3 is 5.32 Å². The van der Waals surface area contributed by atoms with Crippen LogP contribution in [-0.4, -0.2) is 13.1 Å². The second kappa shape index (κ2) is 7.50. The maximum atomic E-state index is 3.53. The standard InChI is InChI=1S/C16H27N/c1-5-9-17-12-15(6-2)11-16-8-7-13(3)14(4)10-16/h7-8,10,15,17H,5-6,9,11-12H2,1-4H3. The average Bonchev–Trinajstić information content (AvgIpc) is 2.32. The topological polar surface area (TPSA) is 12.0 Å². The van der Waals surface area contributed by atoms with Gasteiger partial charge >= 0.3 is 0 Å². The van der Waals surface area contributed by atoms with E-state index in [0.717, 1.165) is 19.0 Å². The summed E-state index contributed by atoms with van der Waals surface area (Å²) in [4.78, 5) is 0. The van der Waals surface area contributed by atoms with E-state index in [9.17, 15) is 0 Å². The largest absolute Gasteiger partial charge is 0.316 e. The highest BCUT2D eigenvalue weighted by Crippen LogP contribution is 2.15. The summed E-state index contributed by atoms with van der Waals surface area (Å²) in [5, 5.41) is 3.53. The van der Waals surface area contributed by atoms with Crippen LogP contribution >= 0.6 is 0 Å². The molecule has 0 spiro atoms. The van der Waals surface area contributed by atoms with Gasteiger partial charge in [0.15, 0.2) is 0 Å². The van der Waals surface area contributed by atoms with E-state index in [1.54, 1.807) is 0 Å². The van der Waals surface area contributed by atoms with Gasteiger partial charge in [0.1, 0.15) is 0 Å². The van der Waals surface area contributed by atoms with Gasteiger partial charge in [-0.15, -0.1) is 0 Å². The van der Waals surface area contributed by atoms with Crippen LogP contribution in [-0.2, 0) is 6.42 Å². The molecule has 0 saturated heterocycles. The first-order chi connectivity index (χ1) is 8.17. The van der Waals surface area contributed by atoms with Crippen molar-refractivity contribution in [3.8, 4) is 0 Å². The maximum absolute atomic E-state index is 3.53. The Bertz CT molecular complexity index is 330. The van der Waals surface area contributed by atoms with E-state index in [0.29, 0.717) is 0 Å². The summed E-state index contributed by atoms with van der Waals surface area (Å²) in [6.45, 7) is 11.2. The van der Waals surface area contributed by atoms with Gasteiger partial charge in [-0.2, -0.15) is 0 Å². The van der Waals surface area contributed by atoms with Gasteiger partial charge in [-0.25, -0.2) is 0 Å². The Labute approximate surface area is 107 Å². The summed E-state index contributed by atoms with van der Waals surface area (Å²) in [6, 6.07) is 6.87. The third-order valence-electron chi connectivity index (χ3n) is 3.53. The first kappa shape index (κ1) is 14.2. The van der Waals surface area contributed by atoms with Crippen LogP contribution in [0.5, 0.6) is 0 Å². The zero-order valence-corrected chi connectivity index (χ0v) is 11.8. The van der Waals surface area contributed by atoms with E-state index in [-0.39, 0.29) is 0 Å². The van der Waals surface area contributed by atoms with Gasteiger partial charge in [0.2, 0.25) is 0 Å². The van der Waals surface area contributed by atoms with E-state index in [4.69, 9.17) is 0 Å². The van der Waals surface area contributed by atoms with Crippen LogP contribution in [0.25, 0.3) is 0 Å². The van der Waals surface area contributed by atoms with Gasteiger partial charge in [-0.3, -0.25) is 0 Å². The molecule has 1 rings (SSSR count). The molecule has 0 aliphatic heterocycles. The third-order valence-corrected chi connectivity index (χ3v) is 3.53. The van der Waals surface area contributed by atoms with Gasteiger partial charge in [0.25, 0.3) is 0 Å². The third kappa shape index (κ3) is 4.91. The lowest BCUT2D eigenvalue weighted by atomic mass is 9.94. The predicted molar refractivity (Wildman–Crippen MR) is 76.6 cm³/mol. The molecule has 0 saturated carbocycles. The van der Waals surface area contributed by atoms with Gasteiger partial charge in [-0.1, -0.05) is 38.5 Å². The fraction of sp³-hybridized carbons (Fsp3) is 0.625. The van der Waals surface area contributed by atoms with Crippen LogP contribution in [0, 0.1) is 19.8 Å². The number of benzene rings is 1. The molecular weight excluding hydrogens is 206 g/mol. The molecule has 1 atom stereocenters. The minimum absolute atomic E-state index is 0.767. The van der Waals surface area contributed by atoms with Crippen molar-refractivity contribution in [2.75, 3.05) is 13.1 Å². The summed E-state index contributed by atoms with van der Waals surface area (Å²) in [5.41, 5.74) is 4.29. The molecule has 0 amide bonds. The minimum Gasteiger partial charge on any atom is -0.316 e. The number of hydrogen-bond donors (Lipinski definition) is 1. The summed E-state index contributed by atoms with van der Waals surface area (Å²) in [6.07, 6.45) is 3.68. The number of nitrogens with one attached hydrogen (secondary N) is 1. The highest BCUT2D eigenvalue weighted by molar-refractivity contribution is 5.30. The summed E-state index contributed by atoms with van der Waals surface area (Å²) in [7, 11) is 0. The number of aryl methyl sites for hydroxylation is 2. The van der Waals surface area contributed by atoms with E-state index in [1.807, 2.05) is 0 Å². The lowest BCUT2D eigenvalue weighted by Gasteiger charge is -2.16. The molecule has 1 nitrogen and oxygen atoms in total. The van der Waals surface area contributed by atoms with Crippen molar-refractivity contribution in [3.63, 3.8) is 0 Å². The summed E-state index contributed by atoms with van der Waals surface area (Å²) in [5.74, 6) is 0.767. The second-order valence-electron chi connectivity index (χ2n) is 5.10. The van der Waals surface area contributed by atoms with Crippen LogP contribution in [0.15, 0.2) is 18.2 Å². The molecule has 1 heteroatoms. The fourth-order valence-corrected chi connectivity index (χ4v) is 2.11. The zero-order chi connectivity index (χ0) is 12.7. The molecule has 0 radical (unpaired) electrons. The van der Waals surface area contributed by atoms with E-state index in [2.05, 4.69) is 51.2 Å². The molecule has 0 aromatic heterocycles. The first-order valence-electron chi connectivity index (χ1n) is 6.94. The normalized spacial score (nSPS) is 12.7. The van der Waals surface area contributed by atoms with Gasteiger partial charge in [0.05, 0.1) is 0 Å².